The number of nitrogens with zero attached hydrogens (tertiary/aromatic N) is 2. The zero-order valence-corrected chi connectivity index (χ0v) is 12.7. The lowest BCUT2D eigenvalue weighted by Crippen LogP contribution is -2.29. The van der Waals surface area contributed by atoms with Crippen LogP contribution in [0.1, 0.15) is 12.3 Å². The van der Waals surface area contributed by atoms with Crippen molar-refractivity contribution in [2.75, 3.05) is 11.5 Å². The second kappa shape index (κ2) is 5.75. The van der Waals surface area contributed by atoms with Gasteiger partial charge in [0.25, 0.3) is 0 Å². The molecule has 0 amide bonds. The second-order valence-corrected chi connectivity index (χ2v) is 7.65. The van der Waals surface area contributed by atoms with Gasteiger partial charge in [-0.2, -0.15) is 0 Å². The summed E-state index contributed by atoms with van der Waals surface area (Å²) in [6.07, 6.45) is 0.626. The topological polar surface area (TPSA) is 85.1 Å². The first-order valence-corrected chi connectivity index (χ1v) is 8.74. The minimum atomic E-state index is -2.88. The van der Waals surface area contributed by atoms with Gasteiger partial charge < -0.3 is 9.73 Å². The molecule has 21 heavy (non-hydrogen) atoms. The zero-order chi connectivity index (χ0) is 14.9. The van der Waals surface area contributed by atoms with Crippen molar-refractivity contribution >= 4 is 21.4 Å². The predicted molar refractivity (Wildman–Crippen MR) is 78.6 cm³/mol. The van der Waals surface area contributed by atoms with E-state index in [-0.39, 0.29) is 17.5 Å². The third-order valence-electron chi connectivity index (χ3n) is 3.33. The fourth-order valence-corrected chi connectivity index (χ4v) is 4.06. The molecular weight excluding hydrogens is 314 g/mol. The van der Waals surface area contributed by atoms with Gasteiger partial charge in [-0.05, 0) is 30.7 Å². The second-order valence-electron chi connectivity index (χ2n) is 4.99. The summed E-state index contributed by atoms with van der Waals surface area (Å²) in [5.41, 5.74) is 0.793. The molecule has 1 unspecified atom stereocenters. The quantitative estimate of drug-likeness (QED) is 0.919. The monoisotopic (exact) mass is 327 g/mol. The van der Waals surface area contributed by atoms with Gasteiger partial charge >= 0.3 is 0 Å². The fourth-order valence-electron chi connectivity index (χ4n) is 2.22. The summed E-state index contributed by atoms with van der Waals surface area (Å²) in [6.45, 7) is 0.362. The van der Waals surface area contributed by atoms with E-state index in [1.807, 2.05) is 0 Å². The van der Waals surface area contributed by atoms with Crippen LogP contribution in [0.3, 0.4) is 0 Å². The van der Waals surface area contributed by atoms with Gasteiger partial charge in [0.05, 0.1) is 18.1 Å². The highest BCUT2D eigenvalue weighted by Gasteiger charge is 2.27. The van der Waals surface area contributed by atoms with E-state index in [4.69, 9.17) is 16.0 Å². The Kier molecular flexibility index (Phi) is 3.97. The number of hydrogen-bond acceptors (Lipinski definition) is 6. The van der Waals surface area contributed by atoms with Gasteiger partial charge in [-0.3, -0.25) is 0 Å². The van der Waals surface area contributed by atoms with E-state index in [1.54, 1.807) is 24.3 Å². The SMILES string of the molecule is O=S1(=O)CCC(NCc2nnc(-c3ccc(Cl)cc3)o2)C1. The Morgan fingerprint density at radius 2 is 2.05 bits per heavy atom. The zero-order valence-electron chi connectivity index (χ0n) is 11.1. The van der Waals surface area contributed by atoms with Gasteiger partial charge in [0.15, 0.2) is 9.84 Å². The Morgan fingerprint density at radius 1 is 1.29 bits per heavy atom. The van der Waals surface area contributed by atoms with Crippen LogP contribution in [0.5, 0.6) is 0 Å². The molecule has 0 spiro atoms. The molecule has 1 atom stereocenters. The van der Waals surface area contributed by atoms with E-state index in [0.717, 1.165) is 5.56 Å². The minimum absolute atomic E-state index is 0.0409. The van der Waals surface area contributed by atoms with Crippen molar-refractivity contribution in [3.8, 4) is 11.5 Å². The molecule has 112 valence electrons. The molecule has 1 aromatic heterocycles. The van der Waals surface area contributed by atoms with E-state index in [2.05, 4.69) is 15.5 Å². The van der Waals surface area contributed by atoms with E-state index < -0.39 is 9.84 Å². The highest BCUT2D eigenvalue weighted by Crippen LogP contribution is 2.20. The first-order chi connectivity index (χ1) is 10.0. The van der Waals surface area contributed by atoms with E-state index in [9.17, 15) is 8.42 Å². The van der Waals surface area contributed by atoms with Crippen LogP contribution in [0.15, 0.2) is 28.7 Å². The fraction of sp³-hybridized carbons (Fsp3) is 0.385. The van der Waals surface area contributed by atoms with E-state index in [1.165, 1.54) is 0 Å². The van der Waals surface area contributed by atoms with Crippen molar-refractivity contribution in [1.29, 1.82) is 0 Å². The number of benzene rings is 1. The van der Waals surface area contributed by atoms with Gasteiger partial charge in [0, 0.05) is 16.6 Å². The molecule has 0 bridgehead atoms. The molecule has 1 aromatic carbocycles. The standard InChI is InChI=1S/C13H14ClN3O3S/c14-10-3-1-9(2-4-10)13-17-16-12(20-13)7-15-11-5-6-21(18,19)8-11/h1-4,11,15H,5-8H2. The maximum atomic E-state index is 11.4. The largest absolute Gasteiger partial charge is 0.419 e. The van der Waals surface area contributed by atoms with Crippen molar-refractivity contribution in [2.45, 2.75) is 19.0 Å². The van der Waals surface area contributed by atoms with Crippen molar-refractivity contribution in [1.82, 2.24) is 15.5 Å². The maximum Gasteiger partial charge on any atom is 0.247 e. The van der Waals surface area contributed by atoms with Gasteiger partial charge in [-0.15, -0.1) is 10.2 Å². The highest BCUT2D eigenvalue weighted by molar-refractivity contribution is 7.91. The molecule has 2 aromatic rings. The molecule has 0 radical (unpaired) electrons. The number of aromatic nitrogens is 2. The molecule has 1 aliphatic heterocycles. The molecule has 6 nitrogen and oxygen atoms in total. The van der Waals surface area contributed by atoms with Crippen molar-refractivity contribution in [3.63, 3.8) is 0 Å². The average molecular weight is 328 g/mol. The smallest absolute Gasteiger partial charge is 0.247 e. The molecule has 1 fully saturated rings. The Labute approximate surface area is 127 Å². The van der Waals surface area contributed by atoms with Crippen LogP contribution in [0.4, 0.5) is 0 Å². The maximum absolute atomic E-state index is 11.4. The van der Waals surface area contributed by atoms with Gasteiger partial charge in [0.1, 0.15) is 0 Å². The van der Waals surface area contributed by atoms with E-state index in [0.29, 0.717) is 29.8 Å². The first kappa shape index (κ1) is 14.5. The third kappa shape index (κ3) is 3.61. The molecule has 1 aliphatic rings. The van der Waals surface area contributed by atoms with Crippen LogP contribution < -0.4 is 5.32 Å². The Morgan fingerprint density at radius 3 is 2.71 bits per heavy atom. The van der Waals surface area contributed by atoms with Crippen LogP contribution in [0, 0.1) is 0 Å². The third-order valence-corrected chi connectivity index (χ3v) is 5.35. The summed E-state index contributed by atoms with van der Waals surface area (Å²) >= 11 is 5.82. The average Bonchev–Trinajstić information content (AvgIpc) is 3.04. The van der Waals surface area contributed by atoms with Gasteiger partial charge in [0.2, 0.25) is 11.8 Å². The van der Waals surface area contributed by atoms with Crippen LogP contribution in [0.2, 0.25) is 5.02 Å². The van der Waals surface area contributed by atoms with Crippen LogP contribution in [0.25, 0.3) is 11.5 Å². The highest BCUT2D eigenvalue weighted by atomic mass is 35.5. The summed E-state index contributed by atoms with van der Waals surface area (Å²) in [4.78, 5) is 0. The molecule has 1 N–H and O–H groups in total. The van der Waals surface area contributed by atoms with Crippen molar-refractivity contribution in [3.05, 3.63) is 35.2 Å². The lowest BCUT2D eigenvalue weighted by molar-refractivity contribution is 0.451. The molecule has 1 saturated heterocycles. The molecular formula is C13H14ClN3O3S. The molecule has 3 rings (SSSR count). The van der Waals surface area contributed by atoms with Crippen LogP contribution in [-0.4, -0.2) is 36.2 Å². The molecule has 0 saturated carbocycles. The minimum Gasteiger partial charge on any atom is -0.419 e. The van der Waals surface area contributed by atoms with Crippen LogP contribution in [-0.2, 0) is 16.4 Å². The lowest BCUT2D eigenvalue weighted by Gasteiger charge is -2.07. The normalized spacial score (nSPS) is 20.7. The molecule has 8 heteroatoms. The summed E-state index contributed by atoms with van der Waals surface area (Å²) in [5.74, 6) is 1.27. The van der Waals surface area contributed by atoms with E-state index >= 15 is 0 Å². The summed E-state index contributed by atoms with van der Waals surface area (Å²) < 4.78 is 28.3. The Balaban J connectivity index is 1.62. The molecule has 2 heterocycles. The predicted octanol–water partition coefficient (Wildman–Crippen LogP) is 1.67. The summed E-state index contributed by atoms with van der Waals surface area (Å²) in [6, 6.07) is 7.07. The Hall–Kier alpha value is -1.44. The number of nitrogens with one attached hydrogen (secondary N) is 1. The van der Waals surface area contributed by atoms with Crippen molar-refractivity contribution in [2.24, 2.45) is 0 Å². The summed E-state index contributed by atoms with van der Waals surface area (Å²) in [5, 5.41) is 11.7. The first-order valence-electron chi connectivity index (χ1n) is 6.54. The van der Waals surface area contributed by atoms with Gasteiger partial charge in [-0.25, -0.2) is 8.42 Å². The summed E-state index contributed by atoms with van der Waals surface area (Å²) in [7, 11) is -2.88. The lowest BCUT2D eigenvalue weighted by atomic mass is 10.2. The number of hydrogen-bond donors (Lipinski definition) is 1. The number of halogens is 1. The number of sulfone groups is 1. The molecule has 0 aliphatic carbocycles. The Bertz CT molecular complexity index is 727. The van der Waals surface area contributed by atoms with Crippen LogP contribution >= 0.6 is 11.6 Å². The van der Waals surface area contributed by atoms with Crippen molar-refractivity contribution < 1.29 is 12.8 Å². The van der Waals surface area contributed by atoms with Gasteiger partial charge in [-0.1, -0.05) is 11.6 Å². The number of rotatable bonds is 4.